The molecule has 1 aliphatic carbocycles. The Kier molecular flexibility index (Phi) is 7.31. The van der Waals surface area contributed by atoms with Gasteiger partial charge in [0.25, 0.3) is 25.7 Å². The Balaban J connectivity index is 1.32. The first-order valence-electron chi connectivity index (χ1n) is 14.2. The minimum atomic E-state index is -4.51. The second-order valence-corrected chi connectivity index (χ2v) is 15.0. The van der Waals surface area contributed by atoms with Crippen LogP contribution in [0.1, 0.15) is 49.5 Å². The molecule has 0 bridgehead atoms. The topological polar surface area (TPSA) is 211 Å². The number of benzene rings is 3. The molecule has 0 fully saturated rings. The van der Waals surface area contributed by atoms with Crippen LogP contribution in [0.4, 0.5) is 17.1 Å². The fraction of sp³-hybridized carbons (Fsp3) is 0.267. The first-order valence-corrected chi connectivity index (χ1v) is 17.1. The number of rotatable bonds is 8. The predicted octanol–water partition coefficient (Wildman–Crippen LogP) is 4.56. The number of non-ortho nitro benzene ring substituents is 1. The number of hydrogen-bond donors (Lipinski definition) is 3. The van der Waals surface area contributed by atoms with E-state index in [1.807, 2.05) is 13.8 Å². The van der Waals surface area contributed by atoms with E-state index in [1.165, 1.54) is 24.3 Å². The van der Waals surface area contributed by atoms with E-state index in [4.69, 9.17) is 0 Å². The first-order chi connectivity index (χ1) is 21.6. The Morgan fingerprint density at radius 2 is 1.83 bits per heavy atom. The van der Waals surface area contributed by atoms with Crippen molar-refractivity contribution < 1.29 is 31.3 Å². The molecule has 238 valence electrons. The summed E-state index contributed by atoms with van der Waals surface area (Å²) in [6, 6.07) is 14.1. The van der Waals surface area contributed by atoms with Crippen LogP contribution in [0.5, 0.6) is 0 Å². The number of Topliss-reactive ketones (excluding diaryl/α,β-unsaturated/α-hetero) is 2. The van der Waals surface area contributed by atoms with E-state index < -0.39 is 53.0 Å². The summed E-state index contributed by atoms with van der Waals surface area (Å²) in [5.41, 5.74) is -0.250. The van der Waals surface area contributed by atoms with Crippen molar-refractivity contribution in [1.29, 1.82) is 0 Å². The Morgan fingerprint density at radius 3 is 2.54 bits per heavy atom. The normalized spacial score (nSPS) is 20.5. The highest BCUT2D eigenvalue weighted by Crippen LogP contribution is 2.43. The Bertz CT molecular complexity index is 2230. The van der Waals surface area contributed by atoms with Crippen LogP contribution in [0, 0.1) is 22.0 Å². The molecule has 0 radical (unpaired) electrons. The summed E-state index contributed by atoms with van der Waals surface area (Å²) in [7, 11) is -8.90. The van der Waals surface area contributed by atoms with Gasteiger partial charge < -0.3 is 10.3 Å². The third-order valence-electron chi connectivity index (χ3n) is 8.25. The molecule has 6 rings (SSSR count). The van der Waals surface area contributed by atoms with E-state index in [0.717, 1.165) is 12.1 Å². The van der Waals surface area contributed by atoms with E-state index >= 15 is 0 Å². The van der Waals surface area contributed by atoms with E-state index in [0.29, 0.717) is 24.0 Å². The molecule has 0 saturated heterocycles. The average Bonchev–Trinajstić information content (AvgIpc) is 3.44. The maximum atomic E-state index is 14.1. The van der Waals surface area contributed by atoms with Gasteiger partial charge in [0.1, 0.15) is 16.6 Å². The van der Waals surface area contributed by atoms with Gasteiger partial charge in [-0.3, -0.25) is 24.4 Å². The van der Waals surface area contributed by atoms with Crippen molar-refractivity contribution in [1.82, 2.24) is 9.97 Å². The van der Waals surface area contributed by atoms with Crippen molar-refractivity contribution >= 4 is 65.5 Å². The quantitative estimate of drug-likeness (QED) is 0.136. The van der Waals surface area contributed by atoms with E-state index in [2.05, 4.69) is 24.4 Å². The van der Waals surface area contributed by atoms with Crippen molar-refractivity contribution in [3.63, 3.8) is 0 Å². The lowest BCUT2D eigenvalue weighted by Gasteiger charge is -2.39. The Hall–Kier alpha value is -4.96. The molecule has 46 heavy (non-hydrogen) atoms. The highest BCUT2D eigenvalue weighted by molar-refractivity contribution is 7.92. The first kappa shape index (κ1) is 31.0. The number of carbonyl (C=O) groups is 2. The molecule has 0 spiro atoms. The smallest absolute Gasteiger partial charge is 0.295 e. The predicted molar refractivity (Wildman–Crippen MR) is 169 cm³/mol. The summed E-state index contributed by atoms with van der Waals surface area (Å²) < 4.78 is 59.2. The van der Waals surface area contributed by atoms with Crippen LogP contribution < -0.4 is 10.0 Å². The highest BCUT2D eigenvalue weighted by Gasteiger charge is 2.51. The summed E-state index contributed by atoms with van der Waals surface area (Å²) in [5.74, 6) is -2.55. The molecule has 3 aromatic carbocycles. The zero-order valence-corrected chi connectivity index (χ0v) is 26.4. The lowest BCUT2D eigenvalue weighted by atomic mass is 9.63. The van der Waals surface area contributed by atoms with Gasteiger partial charge in [0.2, 0.25) is 5.16 Å². The van der Waals surface area contributed by atoms with Crippen LogP contribution in [-0.2, 0) is 30.3 Å². The largest absolute Gasteiger partial charge is 0.341 e. The average molecular weight is 665 g/mol. The minimum Gasteiger partial charge on any atom is -0.341 e. The Morgan fingerprint density at radius 1 is 1.09 bits per heavy atom. The number of carbonyl (C=O) groups excluding carboxylic acids is 2. The molecule has 2 heterocycles. The standard InChI is InChI=1S/C30H28N6O8S2/c1-16(2)12-13-30(3)20-7-5-4-6-19(20)26(37)25(27(30)38)28-31-22-10-8-17(14-24(22)45(41,42)35-28)34-46(43,44)29-32-21-11-9-18(36(39)40)15-23(21)33-29/h4-11,14-16,25,34H,12-13H2,1-3H3,(H,31,35)(H,32,33)/t25?,30-/m1/s1. The van der Waals surface area contributed by atoms with Crippen LogP contribution in [0.2, 0.25) is 0 Å². The summed E-state index contributed by atoms with van der Waals surface area (Å²) in [6.45, 7) is 5.82. The summed E-state index contributed by atoms with van der Waals surface area (Å²) in [5, 5.41) is 13.4. The van der Waals surface area contributed by atoms with Crippen molar-refractivity contribution in [2.75, 3.05) is 10.0 Å². The van der Waals surface area contributed by atoms with E-state index in [9.17, 15) is 36.5 Å². The third-order valence-corrected chi connectivity index (χ3v) is 10.8. The van der Waals surface area contributed by atoms with Gasteiger partial charge in [-0.15, -0.1) is 4.40 Å². The minimum absolute atomic E-state index is 0.00679. The number of H-pyrrole nitrogens is 1. The summed E-state index contributed by atoms with van der Waals surface area (Å²) in [6.07, 6.45) is 1.15. The van der Waals surface area contributed by atoms with Crippen LogP contribution in [0.15, 0.2) is 75.1 Å². The number of nitrogens with zero attached hydrogens (tertiary/aromatic N) is 3. The highest BCUT2D eigenvalue weighted by atomic mass is 32.2. The number of nitro benzene ring substituents is 1. The van der Waals surface area contributed by atoms with E-state index in [-0.39, 0.29) is 44.7 Å². The number of hydrogen-bond acceptors (Lipinski definition) is 10. The summed E-state index contributed by atoms with van der Waals surface area (Å²) >= 11 is 0. The van der Waals surface area contributed by atoms with Crippen molar-refractivity contribution in [2.24, 2.45) is 16.2 Å². The third kappa shape index (κ3) is 5.22. The van der Waals surface area contributed by atoms with Gasteiger partial charge >= 0.3 is 0 Å². The van der Waals surface area contributed by atoms with Gasteiger partial charge in [-0.25, -0.2) is 4.98 Å². The van der Waals surface area contributed by atoms with Crippen molar-refractivity contribution in [2.45, 2.75) is 49.1 Å². The molecule has 2 atom stereocenters. The maximum absolute atomic E-state index is 14.1. The molecule has 1 aliphatic heterocycles. The number of ketones is 2. The number of amidine groups is 1. The molecular weight excluding hydrogens is 636 g/mol. The number of anilines is 2. The number of imidazole rings is 1. The monoisotopic (exact) mass is 664 g/mol. The van der Waals surface area contributed by atoms with Gasteiger partial charge in [-0.2, -0.15) is 16.8 Å². The Labute approximate surface area is 263 Å². The fourth-order valence-electron chi connectivity index (χ4n) is 5.77. The molecule has 0 saturated carbocycles. The molecular formula is C30H28N6O8S2. The van der Waals surface area contributed by atoms with Gasteiger partial charge in [0.15, 0.2) is 11.6 Å². The number of aromatic amines is 1. The molecule has 2 aliphatic rings. The van der Waals surface area contributed by atoms with Gasteiger partial charge in [-0.05, 0) is 55.5 Å². The molecule has 4 aromatic rings. The summed E-state index contributed by atoms with van der Waals surface area (Å²) in [4.78, 5) is 44.3. The van der Waals surface area contributed by atoms with Crippen LogP contribution >= 0.6 is 0 Å². The fourth-order valence-corrected chi connectivity index (χ4v) is 7.95. The number of aromatic nitrogens is 2. The van der Waals surface area contributed by atoms with Gasteiger partial charge in [0.05, 0.1) is 32.7 Å². The van der Waals surface area contributed by atoms with Gasteiger partial charge in [0, 0.05) is 17.7 Å². The lowest BCUT2D eigenvalue weighted by Crippen LogP contribution is -2.51. The van der Waals surface area contributed by atoms with Gasteiger partial charge in [-0.1, -0.05) is 38.1 Å². The molecule has 14 nitrogen and oxygen atoms in total. The number of nitro groups is 1. The molecule has 1 unspecified atom stereocenters. The zero-order valence-electron chi connectivity index (χ0n) is 24.8. The second-order valence-electron chi connectivity index (χ2n) is 11.9. The van der Waals surface area contributed by atoms with Crippen LogP contribution in [0.3, 0.4) is 0 Å². The number of nitrogens with one attached hydrogen (secondary N) is 3. The second kappa shape index (κ2) is 10.8. The SMILES string of the molecule is CC(C)CC[C@@]1(C)C(=O)C(C2=NS(=O)(=O)c3cc(NS(=O)(=O)c4nc5ccc([N+](=O)[O-])cc5[nH]4)ccc3N2)C(=O)c2ccccc21. The zero-order chi connectivity index (χ0) is 33.2. The van der Waals surface area contributed by atoms with Crippen molar-refractivity contribution in [3.05, 3.63) is 81.9 Å². The number of fused-ring (bicyclic) bond motifs is 3. The molecule has 1 aromatic heterocycles. The van der Waals surface area contributed by atoms with Crippen LogP contribution in [0.25, 0.3) is 11.0 Å². The maximum Gasteiger partial charge on any atom is 0.295 e. The van der Waals surface area contributed by atoms with E-state index in [1.54, 1.807) is 31.2 Å². The lowest BCUT2D eigenvalue weighted by molar-refractivity contribution is -0.384. The number of sulfonamides is 2. The van der Waals surface area contributed by atoms with Crippen LogP contribution in [-0.4, -0.2) is 49.1 Å². The molecule has 16 heteroatoms. The molecule has 0 amide bonds. The van der Waals surface area contributed by atoms with Crippen molar-refractivity contribution in [3.8, 4) is 0 Å². The molecule has 3 N–H and O–H groups in total.